The molecule has 1 aliphatic heterocycles. The van der Waals surface area contributed by atoms with Gasteiger partial charge in [-0.15, -0.1) is 0 Å². The minimum absolute atomic E-state index is 0.223. The number of nitrogens with zero attached hydrogens (tertiary/aromatic N) is 1. The molecule has 0 fully saturated rings. The Balaban J connectivity index is 1.96. The predicted octanol–water partition coefficient (Wildman–Crippen LogP) is 2.75. The standard InChI is InChI=1S/C14H20N2O/c1-10(2)13-9-17-14(16-13)15-11(3)12-7-5-4-6-8-12/h4-8,10-11,13H,9H2,1-3H3,(H,15,16)/t11?,13-/m1/s1. The van der Waals surface area contributed by atoms with Crippen molar-refractivity contribution in [2.75, 3.05) is 6.61 Å². The van der Waals surface area contributed by atoms with Gasteiger partial charge in [-0.1, -0.05) is 44.2 Å². The third-order valence-electron chi connectivity index (χ3n) is 3.08. The molecule has 3 heteroatoms. The van der Waals surface area contributed by atoms with Gasteiger partial charge < -0.3 is 10.1 Å². The number of nitrogens with one attached hydrogen (secondary N) is 1. The van der Waals surface area contributed by atoms with Crippen LogP contribution in [0.5, 0.6) is 0 Å². The summed E-state index contributed by atoms with van der Waals surface area (Å²) < 4.78 is 5.56. The fraction of sp³-hybridized carbons (Fsp3) is 0.500. The zero-order valence-corrected chi connectivity index (χ0v) is 10.7. The first-order chi connectivity index (χ1) is 8.16. The van der Waals surface area contributed by atoms with E-state index in [2.05, 4.69) is 43.2 Å². The van der Waals surface area contributed by atoms with Gasteiger partial charge in [-0.05, 0) is 18.4 Å². The Morgan fingerprint density at radius 3 is 2.53 bits per heavy atom. The molecule has 17 heavy (non-hydrogen) atoms. The van der Waals surface area contributed by atoms with Crippen LogP contribution in [0.4, 0.5) is 0 Å². The van der Waals surface area contributed by atoms with Gasteiger partial charge in [-0.2, -0.15) is 0 Å². The van der Waals surface area contributed by atoms with Crippen LogP contribution in [-0.2, 0) is 4.74 Å². The van der Waals surface area contributed by atoms with Crippen LogP contribution in [-0.4, -0.2) is 18.7 Å². The van der Waals surface area contributed by atoms with Gasteiger partial charge >= 0.3 is 0 Å². The third kappa shape index (κ3) is 2.99. The van der Waals surface area contributed by atoms with E-state index in [0.717, 1.165) is 0 Å². The molecular weight excluding hydrogens is 212 g/mol. The smallest absolute Gasteiger partial charge is 0.285 e. The van der Waals surface area contributed by atoms with Gasteiger partial charge in [0.25, 0.3) is 6.02 Å². The Morgan fingerprint density at radius 1 is 1.24 bits per heavy atom. The maximum Gasteiger partial charge on any atom is 0.285 e. The van der Waals surface area contributed by atoms with Crippen molar-refractivity contribution in [3.05, 3.63) is 35.9 Å². The van der Waals surface area contributed by atoms with Crippen molar-refractivity contribution in [3.8, 4) is 0 Å². The molecule has 0 aromatic heterocycles. The molecule has 2 rings (SSSR count). The average Bonchev–Trinajstić information content (AvgIpc) is 2.79. The first-order valence-corrected chi connectivity index (χ1v) is 6.19. The highest BCUT2D eigenvalue weighted by molar-refractivity contribution is 5.75. The summed E-state index contributed by atoms with van der Waals surface area (Å²) in [6, 6.07) is 11.5. The average molecular weight is 232 g/mol. The summed E-state index contributed by atoms with van der Waals surface area (Å²) in [7, 11) is 0. The van der Waals surface area contributed by atoms with E-state index in [1.165, 1.54) is 5.56 Å². The van der Waals surface area contributed by atoms with Crippen molar-refractivity contribution < 1.29 is 4.74 Å². The van der Waals surface area contributed by atoms with Crippen LogP contribution < -0.4 is 5.32 Å². The predicted molar refractivity (Wildman–Crippen MR) is 70.0 cm³/mol. The van der Waals surface area contributed by atoms with Crippen LogP contribution in [0.15, 0.2) is 35.3 Å². The largest absolute Gasteiger partial charge is 0.463 e. The van der Waals surface area contributed by atoms with Crippen LogP contribution in [0.2, 0.25) is 0 Å². The summed E-state index contributed by atoms with van der Waals surface area (Å²) in [4.78, 5) is 4.54. The molecule has 92 valence electrons. The Kier molecular flexibility index (Phi) is 3.67. The van der Waals surface area contributed by atoms with Gasteiger partial charge in [0, 0.05) is 0 Å². The highest BCUT2D eigenvalue weighted by Gasteiger charge is 2.22. The number of aliphatic imine (C=N–C) groups is 1. The van der Waals surface area contributed by atoms with E-state index in [1.807, 2.05) is 18.2 Å². The quantitative estimate of drug-likeness (QED) is 0.869. The second-order valence-corrected chi connectivity index (χ2v) is 4.83. The van der Waals surface area contributed by atoms with Gasteiger partial charge in [0.15, 0.2) is 0 Å². The first kappa shape index (κ1) is 12.0. The van der Waals surface area contributed by atoms with E-state index in [0.29, 0.717) is 24.6 Å². The molecule has 1 heterocycles. The van der Waals surface area contributed by atoms with E-state index in [9.17, 15) is 0 Å². The number of ether oxygens (including phenoxy) is 1. The topological polar surface area (TPSA) is 33.6 Å². The van der Waals surface area contributed by atoms with Crippen molar-refractivity contribution in [1.82, 2.24) is 5.32 Å². The maximum absolute atomic E-state index is 5.56. The van der Waals surface area contributed by atoms with Gasteiger partial charge in [0.2, 0.25) is 0 Å². The summed E-state index contributed by atoms with van der Waals surface area (Å²) in [6.07, 6.45) is 0. The van der Waals surface area contributed by atoms with Gasteiger partial charge in [-0.25, -0.2) is 4.99 Å². The Hall–Kier alpha value is -1.51. The van der Waals surface area contributed by atoms with Crippen LogP contribution in [0.25, 0.3) is 0 Å². The number of benzene rings is 1. The molecule has 1 aromatic carbocycles. The molecule has 1 N–H and O–H groups in total. The molecule has 1 aliphatic rings. The molecule has 0 saturated carbocycles. The van der Waals surface area contributed by atoms with E-state index < -0.39 is 0 Å². The molecule has 0 spiro atoms. The minimum atomic E-state index is 0.223. The lowest BCUT2D eigenvalue weighted by molar-refractivity contribution is 0.279. The van der Waals surface area contributed by atoms with Crippen molar-refractivity contribution in [2.45, 2.75) is 32.9 Å². The third-order valence-corrected chi connectivity index (χ3v) is 3.08. The van der Waals surface area contributed by atoms with Gasteiger partial charge in [-0.3, -0.25) is 0 Å². The Morgan fingerprint density at radius 2 is 1.94 bits per heavy atom. The number of hydrogen-bond donors (Lipinski definition) is 1. The highest BCUT2D eigenvalue weighted by Crippen LogP contribution is 2.16. The molecule has 2 atom stereocenters. The van der Waals surface area contributed by atoms with Crippen LogP contribution in [0.1, 0.15) is 32.4 Å². The van der Waals surface area contributed by atoms with E-state index in [1.54, 1.807) is 0 Å². The first-order valence-electron chi connectivity index (χ1n) is 6.19. The number of amidine groups is 1. The Bertz CT molecular complexity index is 386. The van der Waals surface area contributed by atoms with E-state index in [4.69, 9.17) is 4.74 Å². The molecule has 0 radical (unpaired) electrons. The lowest BCUT2D eigenvalue weighted by atomic mass is 10.1. The molecule has 0 bridgehead atoms. The van der Waals surface area contributed by atoms with Gasteiger partial charge in [0.05, 0.1) is 12.1 Å². The second-order valence-electron chi connectivity index (χ2n) is 4.83. The normalized spacial score (nSPS) is 20.9. The van der Waals surface area contributed by atoms with Gasteiger partial charge in [0.1, 0.15) is 6.61 Å². The van der Waals surface area contributed by atoms with E-state index in [-0.39, 0.29) is 6.04 Å². The summed E-state index contributed by atoms with van der Waals surface area (Å²) in [6.45, 7) is 7.15. The molecule has 0 aliphatic carbocycles. The highest BCUT2D eigenvalue weighted by atomic mass is 16.5. The zero-order chi connectivity index (χ0) is 12.3. The summed E-state index contributed by atoms with van der Waals surface area (Å²) >= 11 is 0. The fourth-order valence-electron chi connectivity index (χ4n) is 1.82. The number of hydrogen-bond acceptors (Lipinski definition) is 3. The van der Waals surface area contributed by atoms with Crippen LogP contribution in [0, 0.1) is 5.92 Å². The molecule has 1 unspecified atom stereocenters. The maximum atomic E-state index is 5.56. The summed E-state index contributed by atoms with van der Waals surface area (Å²) in [5.41, 5.74) is 1.24. The van der Waals surface area contributed by atoms with Crippen LogP contribution in [0.3, 0.4) is 0 Å². The molecule has 0 amide bonds. The van der Waals surface area contributed by atoms with Crippen molar-refractivity contribution in [3.63, 3.8) is 0 Å². The lowest BCUT2D eigenvalue weighted by Crippen LogP contribution is -2.26. The van der Waals surface area contributed by atoms with Crippen molar-refractivity contribution in [1.29, 1.82) is 0 Å². The second kappa shape index (κ2) is 5.21. The Labute approximate surface area is 103 Å². The lowest BCUT2D eigenvalue weighted by Gasteiger charge is -2.14. The fourth-order valence-corrected chi connectivity index (χ4v) is 1.82. The molecule has 0 saturated heterocycles. The summed E-state index contributed by atoms with van der Waals surface area (Å²) in [5.74, 6) is 0.529. The summed E-state index contributed by atoms with van der Waals surface area (Å²) in [5, 5.41) is 3.31. The minimum Gasteiger partial charge on any atom is -0.463 e. The van der Waals surface area contributed by atoms with Crippen molar-refractivity contribution in [2.24, 2.45) is 10.9 Å². The monoisotopic (exact) mass is 232 g/mol. The molecule has 1 aromatic rings. The molecular formula is C14H20N2O. The molecule has 3 nitrogen and oxygen atoms in total. The van der Waals surface area contributed by atoms with E-state index >= 15 is 0 Å². The van der Waals surface area contributed by atoms with Crippen LogP contribution >= 0.6 is 0 Å². The SMILES string of the molecule is CC(NC1=N[C@@H](C(C)C)CO1)c1ccccc1. The zero-order valence-electron chi connectivity index (χ0n) is 10.7. The number of rotatable bonds is 3. The van der Waals surface area contributed by atoms with Crippen molar-refractivity contribution >= 4 is 6.02 Å².